The summed E-state index contributed by atoms with van der Waals surface area (Å²) in [5, 5.41) is 0. The second-order valence-corrected chi connectivity index (χ2v) is 5.80. The van der Waals surface area contributed by atoms with Gasteiger partial charge in [-0.3, -0.25) is 9.11 Å². The predicted octanol–water partition coefficient (Wildman–Crippen LogP) is -0.231. The largest absolute Gasteiger partial charge is 0.413 e. The van der Waals surface area contributed by atoms with E-state index in [1.54, 1.807) is 0 Å². The maximum absolute atomic E-state index is 13.0. The van der Waals surface area contributed by atoms with E-state index in [0.29, 0.717) is 0 Å². The Morgan fingerprint density at radius 3 is 1.04 bits per heavy atom. The molecule has 0 aromatic heterocycles. The van der Waals surface area contributed by atoms with Crippen LogP contribution < -0.4 is 11.5 Å². The molecule has 9 nitrogen and oxygen atoms in total. The molecule has 6 N–H and O–H groups in total. The van der Waals surface area contributed by atoms with Crippen LogP contribution in [0.15, 0.2) is 0 Å². The molecular formula is C8H10F4N2O7S2. The van der Waals surface area contributed by atoms with Crippen molar-refractivity contribution in [2.75, 3.05) is 0 Å². The van der Waals surface area contributed by atoms with Crippen molar-refractivity contribution in [1.29, 1.82) is 0 Å². The van der Waals surface area contributed by atoms with Crippen molar-refractivity contribution in [3.8, 4) is 0 Å². The summed E-state index contributed by atoms with van der Waals surface area (Å²) in [6.07, 6.45) is 0. The third kappa shape index (κ3) is 6.73. The lowest BCUT2D eigenvalue weighted by Crippen LogP contribution is -2.14. The van der Waals surface area contributed by atoms with Gasteiger partial charge < -0.3 is 11.5 Å². The fraction of sp³-hybridized carbons (Fsp3) is 0.250. The molecule has 0 aliphatic carbocycles. The van der Waals surface area contributed by atoms with E-state index in [1.165, 1.54) is 0 Å². The van der Waals surface area contributed by atoms with Crippen LogP contribution in [0.2, 0.25) is 0 Å². The first-order valence-electron chi connectivity index (χ1n) is 5.14. The van der Waals surface area contributed by atoms with Crippen LogP contribution in [0.1, 0.15) is 11.1 Å². The first-order chi connectivity index (χ1) is 10.2. The zero-order chi connectivity index (χ0) is 18.6. The van der Waals surface area contributed by atoms with Gasteiger partial charge >= 0.3 is 20.8 Å². The molecule has 0 radical (unpaired) electrons. The third-order valence-corrected chi connectivity index (χ3v) is 3.40. The van der Waals surface area contributed by atoms with Crippen LogP contribution >= 0.6 is 0 Å². The highest BCUT2D eigenvalue weighted by atomic mass is 32.3. The fourth-order valence-electron chi connectivity index (χ4n) is 1.19. The van der Waals surface area contributed by atoms with Gasteiger partial charge in [-0.2, -0.15) is 16.8 Å². The Bertz CT molecular complexity index is 688. The Morgan fingerprint density at radius 1 is 0.739 bits per heavy atom. The zero-order valence-electron chi connectivity index (χ0n) is 10.8. The van der Waals surface area contributed by atoms with Gasteiger partial charge in [0.1, 0.15) is 0 Å². The molecule has 0 saturated carbocycles. The molecule has 23 heavy (non-hydrogen) atoms. The average Bonchev–Trinajstić information content (AvgIpc) is 2.34. The zero-order valence-corrected chi connectivity index (χ0v) is 12.5. The molecule has 0 unspecified atom stereocenters. The van der Waals surface area contributed by atoms with Crippen LogP contribution in [-0.2, 0) is 37.5 Å². The molecule has 0 saturated heterocycles. The lowest BCUT2D eigenvalue weighted by Gasteiger charge is -2.08. The second kappa shape index (κ2) is 7.95. The quantitative estimate of drug-likeness (QED) is 0.310. The molecule has 0 heterocycles. The second-order valence-electron chi connectivity index (χ2n) is 3.54. The van der Waals surface area contributed by atoms with E-state index in [-0.39, 0.29) is 0 Å². The van der Waals surface area contributed by atoms with Gasteiger partial charge in [-0.25, -0.2) is 17.6 Å². The topological polar surface area (TPSA) is 170 Å². The van der Waals surface area contributed by atoms with Gasteiger partial charge in [0.05, 0.1) is 0 Å². The summed E-state index contributed by atoms with van der Waals surface area (Å²) in [7, 11) is -10.2. The van der Waals surface area contributed by atoms with E-state index < -0.39 is 68.3 Å². The van der Waals surface area contributed by atoms with Crippen molar-refractivity contribution in [2.24, 2.45) is 11.5 Å². The molecule has 1 aromatic rings. The van der Waals surface area contributed by atoms with Crippen molar-refractivity contribution in [3.63, 3.8) is 0 Å². The minimum atomic E-state index is -5.12. The van der Waals surface area contributed by atoms with Crippen molar-refractivity contribution >= 4 is 20.8 Å². The van der Waals surface area contributed by atoms with Gasteiger partial charge in [0.2, 0.25) is 0 Å². The van der Waals surface area contributed by atoms with E-state index in [9.17, 15) is 34.4 Å². The lowest BCUT2D eigenvalue weighted by atomic mass is 10.1. The Morgan fingerprint density at radius 2 is 0.957 bits per heavy atom. The number of rotatable bonds is 4. The first-order valence-corrected chi connectivity index (χ1v) is 7.87. The van der Waals surface area contributed by atoms with Crippen LogP contribution in [0.3, 0.4) is 0 Å². The Hall–Kier alpha value is -1.36. The number of benzene rings is 1. The van der Waals surface area contributed by atoms with Crippen LogP contribution in [0.5, 0.6) is 0 Å². The number of nitrogens with two attached hydrogens (primary N) is 2. The molecule has 0 atom stereocenters. The first kappa shape index (κ1) is 21.6. The van der Waals surface area contributed by atoms with E-state index in [4.69, 9.17) is 20.6 Å². The summed E-state index contributed by atoms with van der Waals surface area (Å²) < 4.78 is 107. The van der Waals surface area contributed by atoms with Gasteiger partial charge in [0.15, 0.2) is 23.3 Å². The van der Waals surface area contributed by atoms with Gasteiger partial charge in [0.25, 0.3) is 0 Å². The summed E-state index contributed by atoms with van der Waals surface area (Å²) >= 11 is 0. The molecule has 0 bridgehead atoms. The minimum absolute atomic E-state index is 0.615. The summed E-state index contributed by atoms with van der Waals surface area (Å²) in [6.45, 7) is -1.23. The normalized spacial score (nSPS) is 11.8. The van der Waals surface area contributed by atoms with Gasteiger partial charge in [0, 0.05) is 24.2 Å². The van der Waals surface area contributed by atoms with Crippen molar-refractivity contribution in [3.05, 3.63) is 34.4 Å². The minimum Gasteiger partial charge on any atom is -0.326 e. The molecule has 0 aliphatic heterocycles. The summed E-state index contributed by atoms with van der Waals surface area (Å²) in [4.78, 5) is 0. The standard InChI is InChI=1S/C8H8F4N2.H2O7S2/c9-5-3(1-13)6(10)8(12)4(2-14)7(5)11;1-8(2,3)7-9(4,5)6/h1-2,13-14H2;(H,1,2,3)(H,4,5,6). The average molecular weight is 386 g/mol. The molecule has 134 valence electrons. The van der Waals surface area contributed by atoms with Crippen molar-refractivity contribution < 1.29 is 47.1 Å². The monoisotopic (exact) mass is 386 g/mol. The molecular weight excluding hydrogens is 376 g/mol. The van der Waals surface area contributed by atoms with Gasteiger partial charge in [-0.05, 0) is 0 Å². The smallest absolute Gasteiger partial charge is 0.326 e. The molecule has 1 rings (SSSR count). The highest BCUT2D eigenvalue weighted by Crippen LogP contribution is 2.23. The van der Waals surface area contributed by atoms with E-state index in [2.05, 4.69) is 3.63 Å². The van der Waals surface area contributed by atoms with Gasteiger partial charge in [-0.15, -0.1) is 3.63 Å². The maximum Gasteiger partial charge on any atom is 0.413 e. The highest BCUT2D eigenvalue weighted by molar-refractivity contribution is 7.94. The van der Waals surface area contributed by atoms with E-state index in [0.717, 1.165) is 0 Å². The summed E-state index contributed by atoms with van der Waals surface area (Å²) in [5.41, 5.74) is 8.26. The van der Waals surface area contributed by atoms with Crippen molar-refractivity contribution in [2.45, 2.75) is 13.1 Å². The Balaban J connectivity index is 0.000000468. The maximum atomic E-state index is 13.0. The number of halogens is 4. The van der Waals surface area contributed by atoms with Crippen LogP contribution in [0.4, 0.5) is 17.6 Å². The fourth-order valence-corrected chi connectivity index (χ4v) is 2.06. The number of hydrogen-bond donors (Lipinski definition) is 4. The SMILES string of the molecule is NCc1c(F)c(F)c(CN)c(F)c1F.O=S(=O)(O)OS(=O)(=O)O. The highest BCUT2D eigenvalue weighted by Gasteiger charge is 2.23. The van der Waals surface area contributed by atoms with Crippen molar-refractivity contribution in [1.82, 2.24) is 0 Å². The molecule has 0 fully saturated rings. The van der Waals surface area contributed by atoms with Crippen LogP contribution in [-0.4, -0.2) is 25.9 Å². The Labute approximate surface area is 127 Å². The molecule has 1 aromatic carbocycles. The lowest BCUT2D eigenvalue weighted by molar-refractivity contribution is 0.344. The molecule has 0 aliphatic rings. The molecule has 0 amide bonds. The summed E-state index contributed by atoms with van der Waals surface area (Å²) in [6, 6.07) is 0. The van der Waals surface area contributed by atoms with E-state index >= 15 is 0 Å². The van der Waals surface area contributed by atoms with Crippen LogP contribution in [0.25, 0.3) is 0 Å². The molecule has 15 heteroatoms. The van der Waals surface area contributed by atoms with Gasteiger partial charge in [-0.1, -0.05) is 0 Å². The third-order valence-electron chi connectivity index (χ3n) is 2.03. The molecule has 0 spiro atoms. The Kier molecular flexibility index (Phi) is 7.48. The number of hydrogen-bond acceptors (Lipinski definition) is 7. The summed E-state index contributed by atoms with van der Waals surface area (Å²) in [5.74, 6) is -5.92. The van der Waals surface area contributed by atoms with Crippen LogP contribution in [0, 0.1) is 23.3 Å². The predicted molar refractivity (Wildman–Crippen MR) is 66.2 cm³/mol. The van der Waals surface area contributed by atoms with E-state index in [1.807, 2.05) is 0 Å².